The summed E-state index contributed by atoms with van der Waals surface area (Å²) in [5.74, 6) is -1.65. The van der Waals surface area contributed by atoms with Crippen LogP contribution in [0.5, 0.6) is 11.5 Å². The van der Waals surface area contributed by atoms with Crippen molar-refractivity contribution >= 4 is 29.4 Å². The summed E-state index contributed by atoms with van der Waals surface area (Å²) in [6, 6.07) is 7.47. The number of ether oxygens (including phenoxy) is 2. The summed E-state index contributed by atoms with van der Waals surface area (Å²) in [6.45, 7) is 1.82. The van der Waals surface area contributed by atoms with E-state index in [2.05, 4.69) is 10.1 Å². The van der Waals surface area contributed by atoms with E-state index in [0.717, 1.165) is 12.1 Å². The van der Waals surface area contributed by atoms with E-state index >= 15 is 0 Å². The van der Waals surface area contributed by atoms with Crippen LogP contribution in [0.3, 0.4) is 0 Å². The minimum Gasteiger partial charge on any atom is -0.506 e. The molecule has 24 heavy (non-hydrogen) atoms. The van der Waals surface area contributed by atoms with E-state index in [4.69, 9.17) is 16.3 Å². The van der Waals surface area contributed by atoms with Crippen LogP contribution in [-0.2, 0) is 4.74 Å². The Balaban J connectivity index is 2.08. The highest BCUT2D eigenvalue weighted by molar-refractivity contribution is 6.32. The number of hydrogen-bond donors (Lipinski definition) is 2. The topological polar surface area (TPSA) is 84.9 Å². The van der Waals surface area contributed by atoms with Crippen LogP contribution >= 0.6 is 11.6 Å². The molecule has 2 aromatic carbocycles. The fraction of sp³-hybridized carbons (Fsp3) is 0.125. The monoisotopic (exact) mass is 353 g/mol. The highest BCUT2D eigenvalue weighted by Crippen LogP contribution is 2.29. The molecule has 2 aromatic rings. The first-order valence-corrected chi connectivity index (χ1v) is 7.22. The summed E-state index contributed by atoms with van der Waals surface area (Å²) < 4.78 is 23.2. The number of rotatable bonds is 4. The molecule has 1 amide bonds. The van der Waals surface area contributed by atoms with Crippen molar-refractivity contribution in [1.29, 1.82) is 0 Å². The van der Waals surface area contributed by atoms with Crippen molar-refractivity contribution in [3.63, 3.8) is 0 Å². The quantitative estimate of drug-likeness (QED) is 0.493. The largest absolute Gasteiger partial charge is 0.513 e. The second-order valence-corrected chi connectivity index (χ2v) is 4.95. The molecule has 0 aliphatic heterocycles. The SMILES string of the molecule is CCOC(=O)Oc1ccc(C(=O)Nc2cc(Cl)c(O)cc2F)cc1. The lowest BCUT2D eigenvalue weighted by molar-refractivity contribution is 0.102. The molecule has 0 saturated carbocycles. The molecule has 0 saturated heterocycles. The first-order valence-electron chi connectivity index (χ1n) is 6.84. The number of phenols is 1. The van der Waals surface area contributed by atoms with Crippen molar-refractivity contribution in [2.24, 2.45) is 0 Å². The molecule has 0 aromatic heterocycles. The first-order chi connectivity index (χ1) is 11.4. The van der Waals surface area contributed by atoms with Crippen LogP contribution < -0.4 is 10.1 Å². The second-order valence-electron chi connectivity index (χ2n) is 4.55. The summed E-state index contributed by atoms with van der Waals surface area (Å²) >= 11 is 5.68. The number of halogens is 2. The fourth-order valence-electron chi connectivity index (χ4n) is 1.74. The molecule has 0 atom stereocenters. The zero-order chi connectivity index (χ0) is 17.7. The highest BCUT2D eigenvalue weighted by Gasteiger charge is 2.13. The van der Waals surface area contributed by atoms with Crippen molar-refractivity contribution in [2.75, 3.05) is 11.9 Å². The predicted molar refractivity (Wildman–Crippen MR) is 85.1 cm³/mol. The van der Waals surface area contributed by atoms with Crippen LogP contribution in [0.25, 0.3) is 0 Å². The van der Waals surface area contributed by atoms with Gasteiger partial charge in [0.25, 0.3) is 5.91 Å². The van der Waals surface area contributed by atoms with Crippen molar-refractivity contribution in [3.05, 3.63) is 52.8 Å². The van der Waals surface area contributed by atoms with Gasteiger partial charge >= 0.3 is 6.16 Å². The lowest BCUT2D eigenvalue weighted by Gasteiger charge is -2.09. The van der Waals surface area contributed by atoms with E-state index in [0.29, 0.717) is 0 Å². The Morgan fingerprint density at radius 1 is 1.25 bits per heavy atom. The third-order valence-electron chi connectivity index (χ3n) is 2.86. The Labute approximate surface area is 141 Å². The van der Waals surface area contributed by atoms with Crippen LogP contribution in [0.1, 0.15) is 17.3 Å². The maximum absolute atomic E-state index is 13.7. The Hall–Kier alpha value is -2.80. The molecule has 0 unspecified atom stereocenters. The van der Waals surface area contributed by atoms with Gasteiger partial charge in [-0.25, -0.2) is 9.18 Å². The van der Waals surface area contributed by atoms with E-state index in [9.17, 15) is 19.1 Å². The molecule has 0 aliphatic carbocycles. The van der Waals surface area contributed by atoms with Crippen molar-refractivity contribution in [1.82, 2.24) is 0 Å². The molecule has 126 valence electrons. The number of hydrogen-bond acceptors (Lipinski definition) is 5. The number of phenolic OH excluding ortho intramolecular Hbond substituents is 1. The summed E-state index contributed by atoms with van der Waals surface area (Å²) in [5, 5.41) is 11.5. The van der Waals surface area contributed by atoms with Gasteiger partial charge in [-0.3, -0.25) is 4.79 Å². The third kappa shape index (κ3) is 4.36. The van der Waals surface area contributed by atoms with Crippen LogP contribution in [-0.4, -0.2) is 23.8 Å². The number of anilines is 1. The van der Waals surface area contributed by atoms with Gasteiger partial charge in [0, 0.05) is 11.6 Å². The van der Waals surface area contributed by atoms with Crippen molar-refractivity contribution in [3.8, 4) is 11.5 Å². The molecule has 0 fully saturated rings. The lowest BCUT2D eigenvalue weighted by atomic mass is 10.2. The highest BCUT2D eigenvalue weighted by atomic mass is 35.5. The summed E-state index contributed by atoms with van der Waals surface area (Å²) in [4.78, 5) is 23.3. The normalized spacial score (nSPS) is 10.1. The lowest BCUT2D eigenvalue weighted by Crippen LogP contribution is -2.13. The number of carbonyl (C=O) groups is 2. The minimum absolute atomic E-state index is 0.0927. The van der Waals surface area contributed by atoms with Gasteiger partial charge in [0.2, 0.25) is 0 Å². The zero-order valence-corrected chi connectivity index (χ0v) is 13.3. The fourth-order valence-corrected chi connectivity index (χ4v) is 1.91. The maximum atomic E-state index is 13.7. The summed E-state index contributed by atoms with van der Waals surface area (Å²) in [5.41, 5.74) is 0.0319. The van der Waals surface area contributed by atoms with E-state index in [-0.39, 0.29) is 28.6 Å². The maximum Gasteiger partial charge on any atom is 0.513 e. The molecule has 6 nitrogen and oxygen atoms in total. The van der Waals surface area contributed by atoms with Gasteiger partial charge < -0.3 is 19.9 Å². The molecule has 0 spiro atoms. The van der Waals surface area contributed by atoms with Crippen LogP contribution in [0.15, 0.2) is 36.4 Å². The Morgan fingerprint density at radius 2 is 1.92 bits per heavy atom. The smallest absolute Gasteiger partial charge is 0.506 e. The van der Waals surface area contributed by atoms with E-state index in [1.165, 1.54) is 24.3 Å². The summed E-state index contributed by atoms with van der Waals surface area (Å²) in [6.07, 6.45) is -0.851. The number of nitrogens with one attached hydrogen (secondary N) is 1. The standard InChI is InChI=1S/C16H13ClFNO5/c1-2-23-16(22)24-10-5-3-9(4-6-10)15(21)19-13-7-11(17)14(20)8-12(13)18/h3-8,20H,2H2,1H3,(H,19,21). The van der Waals surface area contributed by atoms with Gasteiger partial charge in [-0.2, -0.15) is 0 Å². The Kier molecular flexibility index (Phi) is 5.59. The molecule has 0 radical (unpaired) electrons. The van der Waals surface area contributed by atoms with E-state index in [1.807, 2.05) is 0 Å². The number of aromatic hydroxyl groups is 1. The van der Waals surface area contributed by atoms with Crippen LogP contribution in [0.4, 0.5) is 14.9 Å². The van der Waals surface area contributed by atoms with Gasteiger partial charge in [0.05, 0.1) is 17.3 Å². The minimum atomic E-state index is -0.851. The van der Waals surface area contributed by atoms with Gasteiger partial charge in [0.1, 0.15) is 11.5 Å². The van der Waals surface area contributed by atoms with Gasteiger partial charge in [0.15, 0.2) is 5.82 Å². The third-order valence-corrected chi connectivity index (χ3v) is 3.17. The van der Waals surface area contributed by atoms with E-state index in [1.54, 1.807) is 6.92 Å². The molecule has 0 aliphatic rings. The predicted octanol–water partition coefficient (Wildman–Crippen LogP) is 3.97. The molecule has 2 rings (SSSR count). The first kappa shape index (κ1) is 17.6. The number of benzene rings is 2. The average molecular weight is 354 g/mol. The molecule has 8 heteroatoms. The molecule has 2 N–H and O–H groups in total. The zero-order valence-electron chi connectivity index (χ0n) is 12.5. The van der Waals surface area contributed by atoms with Gasteiger partial charge in [-0.05, 0) is 37.3 Å². The number of amides is 1. The van der Waals surface area contributed by atoms with Crippen LogP contribution in [0, 0.1) is 5.82 Å². The molecule has 0 heterocycles. The molecular weight excluding hydrogens is 341 g/mol. The van der Waals surface area contributed by atoms with Crippen molar-refractivity contribution < 1.29 is 28.6 Å². The molecule has 0 bridgehead atoms. The summed E-state index contributed by atoms with van der Waals surface area (Å²) in [7, 11) is 0. The molecular formula is C16H13ClFNO5. The van der Waals surface area contributed by atoms with Gasteiger partial charge in [-0.1, -0.05) is 11.6 Å². The average Bonchev–Trinajstić information content (AvgIpc) is 2.53. The van der Waals surface area contributed by atoms with Crippen LogP contribution in [0.2, 0.25) is 5.02 Å². The van der Waals surface area contributed by atoms with Gasteiger partial charge in [-0.15, -0.1) is 0 Å². The number of carbonyl (C=O) groups excluding carboxylic acids is 2. The van der Waals surface area contributed by atoms with E-state index < -0.39 is 23.6 Å². The second kappa shape index (κ2) is 7.65. The Morgan fingerprint density at radius 3 is 2.54 bits per heavy atom. The Bertz CT molecular complexity index is 764. The van der Waals surface area contributed by atoms with Crippen molar-refractivity contribution in [2.45, 2.75) is 6.92 Å².